The van der Waals surface area contributed by atoms with Crippen LogP contribution in [-0.2, 0) is 9.63 Å². The molecule has 0 unspecified atom stereocenters. The lowest BCUT2D eigenvalue weighted by Crippen LogP contribution is -2.02. The molecule has 0 spiro atoms. The Morgan fingerprint density at radius 2 is 2.50 bits per heavy atom. The maximum atomic E-state index is 9.69. The van der Waals surface area contributed by atoms with E-state index in [0.717, 1.165) is 6.08 Å². The molecular formula is C4H7NO3. The summed E-state index contributed by atoms with van der Waals surface area (Å²) in [4.78, 5) is 14.0. The second kappa shape index (κ2) is 4.14. The Kier molecular flexibility index (Phi) is 3.60. The van der Waals surface area contributed by atoms with Gasteiger partial charge < -0.3 is 5.11 Å². The third-order valence-corrected chi connectivity index (χ3v) is 0.412. The molecule has 0 saturated carbocycles. The molecule has 0 amide bonds. The lowest BCUT2D eigenvalue weighted by atomic mass is 10.6. The van der Waals surface area contributed by atoms with Crippen LogP contribution < -0.4 is 5.48 Å². The van der Waals surface area contributed by atoms with E-state index in [4.69, 9.17) is 5.11 Å². The van der Waals surface area contributed by atoms with Crippen molar-refractivity contribution in [1.29, 1.82) is 0 Å². The van der Waals surface area contributed by atoms with Gasteiger partial charge in [0.05, 0.1) is 7.11 Å². The molecule has 4 heteroatoms. The van der Waals surface area contributed by atoms with E-state index in [1.807, 2.05) is 0 Å². The SMILES string of the molecule is CON/C=C/C(=O)O. The molecular weight excluding hydrogens is 110 g/mol. The van der Waals surface area contributed by atoms with Gasteiger partial charge in [-0.25, -0.2) is 4.79 Å². The molecule has 46 valence electrons. The summed E-state index contributed by atoms with van der Waals surface area (Å²) in [7, 11) is 1.40. The Balaban J connectivity index is 3.20. The number of carbonyl (C=O) groups is 1. The van der Waals surface area contributed by atoms with Gasteiger partial charge in [0.1, 0.15) is 0 Å². The number of nitrogens with one attached hydrogen (secondary N) is 1. The second-order valence-corrected chi connectivity index (χ2v) is 0.994. The second-order valence-electron chi connectivity index (χ2n) is 0.994. The van der Waals surface area contributed by atoms with Crippen molar-refractivity contribution in [2.45, 2.75) is 0 Å². The molecule has 0 aliphatic heterocycles. The number of rotatable bonds is 3. The van der Waals surface area contributed by atoms with Crippen LogP contribution in [0.3, 0.4) is 0 Å². The standard InChI is InChI=1S/C4H7NO3/c1-8-5-3-2-4(6)7/h2-3,5H,1H3,(H,6,7)/b3-2+. The first-order valence-corrected chi connectivity index (χ1v) is 1.95. The van der Waals surface area contributed by atoms with E-state index in [9.17, 15) is 4.79 Å². The third kappa shape index (κ3) is 4.97. The third-order valence-electron chi connectivity index (χ3n) is 0.412. The molecule has 4 nitrogen and oxygen atoms in total. The van der Waals surface area contributed by atoms with Crippen molar-refractivity contribution in [1.82, 2.24) is 5.48 Å². The molecule has 0 rings (SSSR count). The van der Waals surface area contributed by atoms with E-state index in [-0.39, 0.29) is 0 Å². The van der Waals surface area contributed by atoms with Crippen LogP contribution in [0.2, 0.25) is 0 Å². The van der Waals surface area contributed by atoms with Gasteiger partial charge in [-0.1, -0.05) is 0 Å². The first-order chi connectivity index (χ1) is 3.77. The summed E-state index contributed by atoms with van der Waals surface area (Å²) < 4.78 is 0. The van der Waals surface area contributed by atoms with Crippen molar-refractivity contribution in [3.63, 3.8) is 0 Å². The summed E-state index contributed by atoms with van der Waals surface area (Å²) >= 11 is 0. The molecule has 0 bridgehead atoms. The molecule has 8 heavy (non-hydrogen) atoms. The van der Waals surface area contributed by atoms with E-state index in [0.29, 0.717) is 0 Å². The van der Waals surface area contributed by atoms with Crippen LogP contribution in [0, 0.1) is 0 Å². The summed E-state index contributed by atoms with van der Waals surface area (Å²) in [6.07, 6.45) is 2.12. The molecule has 0 heterocycles. The minimum absolute atomic E-state index is 0.934. The van der Waals surface area contributed by atoms with Crippen LogP contribution in [0.15, 0.2) is 12.3 Å². The molecule has 0 saturated heterocycles. The average Bonchev–Trinajstić information content (AvgIpc) is 1.66. The molecule has 0 fully saturated rings. The number of aliphatic carboxylic acids is 1. The first-order valence-electron chi connectivity index (χ1n) is 1.95. The Morgan fingerprint density at radius 1 is 1.88 bits per heavy atom. The maximum absolute atomic E-state index is 9.69. The highest BCUT2D eigenvalue weighted by molar-refractivity contribution is 5.79. The van der Waals surface area contributed by atoms with Crippen molar-refractivity contribution < 1.29 is 14.7 Å². The molecule has 0 aromatic carbocycles. The van der Waals surface area contributed by atoms with Crippen molar-refractivity contribution in [3.05, 3.63) is 12.3 Å². The van der Waals surface area contributed by atoms with Crippen LogP contribution in [0.4, 0.5) is 0 Å². The van der Waals surface area contributed by atoms with Crippen LogP contribution >= 0.6 is 0 Å². The summed E-state index contributed by atoms with van der Waals surface area (Å²) in [6.45, 7) is 0. The first kappa shape index (κ1) is 6.97. The highest BCUT2D eigenvalue weighted by Crippen LogP contribution is 1.65. The predicted octanol–water partition coefficient (Wildman–Crippen LogP) is -0.264. The molecule has 0 aliphatic carbocycles. The number of carboxylic acid groups (broad SMARTS) is 1. The van der Waals surface area contributed by atoms with Gasteiger partial charge >= 0.3 is 5.97 Å². The fourth-order valence-electron chi connectivity index (χ4n) is 0.173. The highest BCUT2D eigenvalue weighted by Gasteiger charge is 1.80. The molecule has 0 aromatic heterocycles. The van der Waals surface area contributed by atoms with Crippen molar-refractivity contribution in [3.8, 4) is 0 Å². The van der Waals surface area contributed by atoms with Gasteiger partial charge in [-0.2, -0.15) is 0 Å². The van der Waals surface area contributed by atoms with Crippen LogP contribution in [-0.4, -0.2) is 18.2 Å². The minimum Gasteiger partial charge on any atom is -0.478 e. The van der Waals surface area contributed by atoms with Crippen molar-refractivity contribution >= 4 is 5.97 Å². The number of hydrogen-bond acceptors (Lipinski definition) is 3. The lowest BCUT2D eigenvalue weighted by Gasteiger charge is -1.88. The normalized spacial score (nSPS) is 9.62. The largest absolute Gasteiger partial charge is 0.478 e. The Hall–Kier alpha value is -1.03. The minimum atomic E-state index is -1.01. The van der Waals surface area contributed by atoms with E-state index in [2.05, 4.69) is 10.3 Å². The quantitative estimate of drug-likeness (QED) is 0.395. The molecule has 0 aliphatic rings. The summed E-state index contributed by atoms with van der Waals surface area (Å²) in [6, 6.07) is 0. The van der Waals surface area contributed by atoms with Gasteiger partial charge in [-0.15, -0.1) is 0 Å². The predicted molar refractivity (Wildman–Crippen MR) is 26.9 cm³/mol. The molecule has 2 N–H and O–H groups in total. The molecule has 0 aromatic rings. The number of hydrogen-bond donors (Lipinski definition) is 2. The van der Waals surface area contributed by atoms with Crippen LogP contribution in [0.25, 0.3) is 0 Å². The van der Waals surface area contributed by atoms with Crippen LogP contribution in [0.1, 0.15) is 0 Å². The zero-order valence-corrected chi connectivity index (χ0v) is 4.42. The van der Waals surface area contributed by atoms with Crippen LogP contribution in [0.5, 0.6) is 0 Å². The summed E-state index contributed by atoms with van der Waals surface area (Å²) in [5.74, 6) is -1.01. The van der Waals surface area contributed by atoms with Gasteiger partial charge in [0.2, 0.25) is 0 Å². The van der Waals surface area contributed by atoms with E-state index < -0.39 is 5.97 Å². The zero-order chi connectivity index (χ0) is 6.41. The van der Waals surface area contributed by atoms with Gasteiger partial charge in [0.25, 0.3) is 0 Å². The average molecular weight is 117 g/mol. The van der Waals surface area contributed by atoms with Crippen molar-refractivity contribution in [2.24, 2.45) is 0 Å². The summed E-state index contributed by atoms with van der Waals surface area (Å²) in [5, 5.41) is 7.96. The Labute approximate surface area is 46.7 Å². The molecule has 0 atom stereocenters. The number of hydroxylamine groups is 1. The summed E-state index contributed by atoms with van der Waals surface area (Å²) in [5.41, 5.74) is 2.22. The zero-order valence-electron chi connectivity index (χ0n) is 4.42. The van der Waals surface area contributed by atoms with E-state index >= 15 is 0 Å². The van der Waals surface area contributed by atoms with Gasteiger partial charge in [0.15, 0.2) is 0 Å². The van der Waals surface area contributed by atoms with Gasteiger partial charge in [-0.3, -0.25) is 10.3 Å². The Bertz CT molecular complexity index is 99.5. The Morgan fingerprint density at radius 3 is 2.88 bits per heavy atom. The fourth-order valence-corrected chi connectivity index (χ4v) is 0.173. The highest BCUT2D eigenvalue weighted by atomic mass is 16.6. The number of carboxylic acids is 1. The monoisotopic (exact) mass is 117 g/mol. The van der Waals surface area contributed by atoms with Gasteiger partial charge in [-0.05, 0) is 0 Å². The van der Waals surface area contributed by atoms with Gasteiger partial charge in [0, 0.05) is 12.3 Å². The van der Waals surface area contributed by atoms with E-state index in [1.54, 1.807) is 0 Å². The lowest BCUT2D eigenvalue weighted by molar-refractivity contribution is -0.131. The maximum Gasteiger partial charge on any atom is 0.329 e. The van der Waals surface area contributed by atoms with E-state index in [1.165, 1.54) is 13.3 Å². The smallest absolute Gasteiger partial charge is 0.329 e. The topological polar surface area (TPSA) is 58.6 Å². The van der Waals surface area contributed by atoms with Crippen molar-refractivity contribution in [2.75, 3.05) is 7.11 Å². The fraction of sp³-hybridized carbons (Fsp3) is 0.250. The molecule has 0 radical (unpaired) electrons.